The van der Waals surface area contributed by atoms with Crippen LogP contribution in [-0.2, 0) is 16.0 Å². The van der Waals surface area contributed by atoms with Crippen molar-refractivity contribution in [1.82, 2.24) is 15.6 Å². The Kier molecular flexibility index (Phi) is 9.35. The highest BCUT2D eigenvalue weighted by molar-refractivity contribution is 5.79. The van der Waals surface area contributed by atoms with Crippen LogP contribution in [0.2, 0.25) is 0 Å². The fraction of sp³-hybridized carbons (Fsp3) is 0.700. The molecule has 7 nitrogen and oxygen atoms in total. The number of anilines is 1. The molecule has 7 heteroatoms. The van der Waals surface area contributed by atoms with Gasteiger partial charge in [0, 0.05) is 51.6 Å². The maximum atomic E-state index is 5.81. The van der Waals surface area contributed by atoms with E-state index in [1.165, 1.54) is 0 Å². The van der Waals surface area contributed by atoms with Crippen molar-refractivity contribution < 1.29 is 9.47 Å². The average Bonchev–Trinajstić information content (AvgIpc) is 2.70. The van der Waals surface area contributed by atoms with Crippen LogP contribution >= 0.6 is 0 Å². The van der Waals surface area contributed by atoms with Crippen molar-refractivity contribution in [3.63, 3.8) is 0 Å². The third-order valence-electron chi connectivity index (χ3n) is 4.69. The molecule has 1 fully saturated rings. The lowest BCUT2D eigenvalue weighted by Gasteiger charge is -2.29. The minimum absolute atomic E-state index is 0.270. The summed E-state index contributed by atoms with van der Waals surface area (Å²) in [6, 6.07) is 4.09. The zero-order valence-electron chi connectivity index (χ0n) is 17.2. The van der Waals surface area contributed by atoms with E-state index in [1.54, 1.807) is 7.05 Å². The van der Waals surface area contributed by atoms with Gasteiger partial charge in [0.1, 0.15) is 5.82 Å². The number of guanidine groups is 1. The third kappa shape index (κ3) is 6.99. The summed E-state index contributed by atoms with van der Waals surface area (Å²) in [5, 5.41) is 6.79. The molecule has 1 atom stereocenters. The van der Waals surface area contributed by atoms with Crippen LogP contribution < -0.4 is 15.5 Å². The minimum atomic E-state index is 0.270. The number of aliphatic imine (C=N–C) groups is 1. The molecule has 1 unspecified atom stereocenters. The molecule has 1 aromatic rings. The first-order valence-corrected chi connectivity index (χ1v) is 9.98. The van der Waals surface area contributed by atoms with Gasteiger partial charge in [0.25, 0.3) is 0 Å². The molecule has 1 aliphatic rings. The highest BCUT2D eigenvalue weighted by Crippen LogP contribution is 2.18. The molecule has 1 saturated heterocycles. The van der Waals surface area contributed by atoms with Gasteiger partial charge in [-0.15, -0.1) is 0 Å². The lowest BCUT2D eigenvalue weighted by atomic mass is 10.0. The normalized spacial score (nSPS) is 16.5. The summed E-state index contributed by atoms with van der Waals surface area (Å²) in [7, 11) is 1.80. The topological polar surface area (TPSA) is 71.0 Å². The predicted octanol–water partition coefficient (Wildman–Crippen LogP) is 2.03. The summed E-state index contributed by atoms with van der Waals surface area (Å²) in [4.78, 5) is 11.2. The number of morpholine rings is 1. The Balaban J connectivity index is 1.85. The van der Waals surface area contributed by atoms with Gasteiger partial charge in [-0.25, -0.2) is 4.98 Å². The second kappa shape index (κ2) is 11.8. The number of rotatable bonds is 9. The van der Waals surface area contributed by atoms with Gasteiger partial charge >= 0.3 is 0 Å². The van der Waals surface area contributed by atoms with Crippen LogP contribution in [0.4, 0.5) is 5.82 Å². The molecule has 0 saturated carbocycles. The number of nitrogens with zero attached hydrogens (tertiary/aromatic N) is 3. The summed E-state index contributed by atoms with van der Waals surface area (Å²) >= 11 is 0. The molecule has 152 valence electrons. The Labute approximate surface area is 163 Å². The van der Waals surface area contributed by atoms with E-state index in [2.05, 4.69) is 45.4 Å². The lowest BCUT2D eigenvalue weighted by Crippen LogP contribution is -2.40. The van der Waals surface area contributed by atoms with Crippen LogP contribution in [0.25, 0.3) is 0 Å². The number of pyridine rings is 1. The molecule has 2 heterocycles. The number of aromatic nitrogens is 1. The quantitative estimate of drug-likeness (QED) is 0.507. The Hall–Kier alpha value is -1.86. The second-order valence-electron chi connectivity index (χ2n) is 6.96. The fourth-order valence-electron chi connectivity index (χ4n) is 3.18. The van der Waals surface area contributed by atoms with E-state index in [9.17, 15) is 0 Å². The van der Waals surface area contributed by atoms with Crippen molar-refractivity contribution in [2.75, 3.05) is 51.4 Å². The molecule has 27 heavy (non-hydrogen) atoms. The van der Waals surface area contributed by atoms with E-state index in [4.69, 9.17) is 9.47 Å². The van der Waals surface area contributed by atoms with Crippen LogP contribution in [0.15, 0.2) is 23.3 Å². The van der Waals surface area contributed by atoms with Crippen molar-refractivity contribution in [2.24, 2.45) is 10.9 Å². The zero-order chi connectivity index (χ0) is 19.5. The monoisotopic (exact) mass is 377 g/mol. The van der Waals surface area contributed by atoms with E-state index >= 15 is 0 Å². The van der Waals surface area contributed by atoms with Crippen molar-refractivity contribution >= 4 is 11.8 Å². The number of nitrogens with one attached hydrogen (secondary N) is 2. The van der Waals surface area contributed by atoms with E-state index in [0.29, 0.717) is 12.5 Å². The van der Waals surface area contributed by atoms with Gasteiger partial charge in [-0.2, -0.15) is 0 Å². The number of hydrogen-bond acceptors (Lipinski definition) is 5. The molecule has 1 aliphatic heterocycles. The van der Waals surface area contributed by atoms with E-state index in [-0.39, 0.29) is 6.10 Å². The van der Waals surface area contributed by atoms with Gasteiger partial charge < -0.3 is 25.0 Å². The standard InChI is InChI=1S/C20H35N5O2/c1-5-27-18(16(2)3)8-10-23-20(21-4)24-15-17-7-6-9-22-19(17)25-11-13-26-14-12-25/h6-7,9,16,18H,5,8,10-15H2,1-4H3,(H2,21,23,24). The van der Waals surface area contributed by atoms with Gasteiger partial charge in [-0.05, 0) is 25.3 Å². The van der Waals surface area contributed by atoms with Crippen LogP contribution in [0, 0.1) is 5.92 Å². The molecule has 2 rings (SSSR count). The highest BCUT2D eigenvalue weighted by Gasteiger charge is 2.16. The van der Waals surface area contributed by atoms with Crippen LogP contribution in [0.5, 0.6) is 0 Å². The minimum Gasteiger partial charge on any atom is -0.378 e. The van der Waals surface area contributed by atoms with Gasteiger partial charge in [-0.3, -0.25) is 4.99 Å². The SMILES string of the molecule is CCOC(CCNC(=NC)NCc1cccnc1N1CCOCC1)C(C)C. The van der Waals surface area contributed by atoms with E-state index in [0.717, 1.165) is 63.2 Å². The summed E-state index contributed by atoms with van der Waals surface area (Å²) in [5.41, 5.74) is 1.16. The molecule has 0 spiro atoms. The maximum Gasteiger partial charge on any atom is 0.191 e. The third-order valence-corrected chi connectivity index (χ3v) is 4.69. The highest BCUT2D eigenvalue weighted by atomic mass is 16.5. The summed E-state index contributed by atoms with van der Waals surface area (Å²) < 4.78 is 11.3. The molecule has 0 aromatic carbocycles. The first-order chi connectivity index (χ1) is 13.2. The van der Waals surface area contributed by atoms with Crippen LogP contribution in [0.1, 0.15) is 32.8 Å². The largest absolute Gasteiger partial charge is 0.378 e. The number of hydrogen-bond donors (Lipinski definition) is 2. The Bertz CT molecular complexity index is 573. The molecule has 0 radical (unpaired) electrons. The second-order valence-corrected chi connectivity index (χ2v) is 6.96. The van der Waals surface area contributed by atoms with Crippen molar-refractivity contribution in [3.8, 4) is 0 Å². The van der Waals surface area contributed by atoms with Crippen molar-refractivity contribution in [3.05, 3.63) is 23.9 Å². The molecule has 0 aliphatic carbocycles. The number of ether oxygens (including phenoxy) is 2. The summed E-state index contributed by atoms with van der Waals surface area (Å²) in [6.45, 7) is 12.0. The van der Waals surface area contributed by atoms with Crippen LogP contribution in [-0.4, -0.2) is 63.6 Å². The smallest absolute Gasteiger partial charge is 0.191 e. The predicted molar refractivity (Wildman–Crippen MR) is 110 cm³/mol. The molecule has 0 bridgehead atoms. The van der Waals surface area contributed by atoms with Crippen molar-refractivity contribution in [2.45, 2.75) is 39.8 Å². The lowest BCUT2D eigenvalue weighted by molar-refractivity contribution is 0.0258. The zero-order valence-corrected chi connectivity index (χ0v) is 17.2. The fourth-order valence-corrected chi connectivity index (χ4v) is 3.18. The first-order valence-electron chi connectivity index (χ1n) is 9.98. The van der Waals surface area contributed by atoms with E-state index in [1.807, 2.05) is 19.2 Å². The van der Waals surface area contributed by atoms with Gasteiger partial charge in [0.15, 0.2) is 5.96 Å². The first kappa shape index (κ1) is 21.4. The molecule has 2 N–H and O–H groups in total. The van der Waals surface area contributed by atoms with Gasteiger partial charge in [0.05, 0.1) is 19.3 Å². The Morgan fingerprint density at radius 3 is 2.78 bits per heavy atom. The summed E-state index contributed by atoms with van der Waals surface area (Å²) in [6.07, 6.45) is 3.08. The van der Waals surface area contributed by atoms with Crippen molar-refractivity contribution in [1.29, 1.82) is 0 Å². The van der Waals surface area contributed by atoms with Crippen LogP contribution in [0.3, 0.4) is 0 Å². The molecular formula is C20H35N5O2. The molecular weight excluding hydrogens is 342 g/mol. The van der Waals surface area contributed by atoms with Gasteiger partial charge in [-0.1, -0.05) is 19.9 Å². The summed E-state index contributed by atoms with van der Waals surface area (Å²) in [5.74, 6) is 2.33. The maximum absolute atomic E-state index is 5.81. The van der Waals surface area contributed by atoms with E-state index < -0.39 is 0 Å². The molecule has 1 aromatic heterocycles. The average molecular weight is 378 g/mol. The Morgan fingerprint density at radius 2 is 2.11 bits per heavy atom. The molecule has 0 amide bonds. The van der Waals surface area contributed by atoms with Gasteiger partial charge in [0.2, 0.25) is 0 Å². The Morgan fingerprint density at radius 1 is 1.33 bits per heavy atom.